The van der Waals surface area contributed by atoms with Crippen molar-refractivity contribution in [2.75, 3.05) is 13.1 Å². The van der Waals surface area contributed by atoms with Gasteiger partial charge in [-0.1, -0.05) is 6.07 Å². The van der Waals surface area contributed by atoms with E-state index >= 15 is 0 Å². The van der Waals surface area contributed by atoms with Gasteiger partial charge in [0.1, 0.15) is 16.9 Å². The summed E-state index contributed by atoms with van der Waals surface area (Å²) in [5, 5.41) is 1.88. The van der Waals surface area contributed by atoms with Crippen LogP contribution >= 0.6 is 0 Å². The number of pyridine rings is 1. The Morgan fingerprint density at radius 2 is 1.74 bits per heavy atom. The van der Waals surface area contributed by atoms with Crippen LogP contribution in [-0.4, -0.2) is 28.5 Å². The van der Waals surface area contributed by atoms with Crippen LogP contribution < -0.4 is 11.2 Å². The zero-order valence-corrected chi connectivity index (χ0v) is 20.2. The second-order valence-electron chi connectivity index (χ2n) is 10.1. The molecule has 0 N–H and O–H groups in total. The Kier molecular flexibility index (Phi) is 4.99. The maximum atomic E-state index is 13.2. The van der Waals surface area contributed by atoms with Gasteiger partial charge in [0.15, 0.2) is 0 Å². The summed E-state index contributed by atoms with van der Waals surface area (Å²) in [7, 11) is 0. The molecule has 1 fully saturated rings. The van der Waals surface area contributed by atoms with E-state index in [4.69, 9.17) is 8.83 Å². The molecule has 2 atom stereocenters. The van der Waals surface area contributed by atoms with Gasteiger partial charge in [0, 0.05) is 66.1 Å². The molecule has 0 spiro atoms. The van der Waals surface area contributed by atoms with Crippen LogP contribution in [0.4, 0.5) is 0 Å². The number of carbonyl (C=O) groups excluding carboxylic acids is 1. The second kappa shape index (κ2) is 7.97. The van der Waals surface area contributed by atoms with Crippen molar-refractivity contribution in [2.24, 2.45) is 5.92 Å². The normalized spacial score (nSPS) is 19.3. The lowest BCUT2D eigenvalue weighted by Gasteiger charge is -2.42. The Bertz CT molecular complexity index is 1620. The smallest absolute Gasteiger partial charge is 0.339 e. The van der Waals surface area contributed by atoms with Gasteiger partial charge in [-0.15, -0.1) is 0 Å². The zero-order chi connectivity index (χ0) is 24.4. The van der Waals surface area contributed by atoms with Crippen LogP contribution in [0.1, 0.15) is 46.9 Å². The molecule has 0 saturated carbocycles. The number of hydrogen-bond donors (Lipinski definition) is 0. The number of piperidine rings is 1. The van der Waals surface area contributed by atoms with Gasteiger partial charge in [-0.3, -0.25) is 9.59 Å². The molecule has 3 aromatic heterocycles. The summed E-state index contributed by atoms with van der Waals surface area (Å²) in [6.07, 6.45) is 1.60. The topological polar surface area (TPSA) is 85.7 Å². The van der Waals surface area contributed by atoms with Crippen molar-refractivity contribution in [3.05, 3.63) is 79.3 Å². The summed E-state index contributed by atoms with van der Waals surface area (Å²) in [5.74, 6) is 1.35. The van der Waals surface area contributed by atoms with E-state index in [0.717, 1.165) is 39.8 Å². The maximum absolute atomic E-state index is 13.2. The van der Waals surface area contributed by atoms with E-state index in [1.165, 1.54) is 0 Å². The van der Waals surface area contributed by atoms with Crippen molar-refractivity contribution >= 4 is 27.8 Å². The lowest BCUT2D eigenvalue weighted by molar-refractivity contribution is -0.133. The fourth-order valence-electron chi connectivity index (χ4n) is 6.00. The van der Waals surface area contributed by atoms with Gasteiger partial charge in [0.2, 0.25) is 5.91 Å². The summed E-state index contributed by atoms with van der Waals surface area (Å²) in [6.45, 7) is 7.78. The number of aryl methyl sites for hydroxylation is 3. The molecule has 5 heterocycles. The largest absolute Gasteiger partial charge is 0.461 e. The first-order chi connectivity index (χ1) is 16.8. The molecule has 7 nitrogen and oxygen atoms in total. The number of nitrogens with zero attached hydrogens (tertiary/aromatic N) is 2. The number of carbonyl (C=O) groups is 1. The minimum absolute atomic E-state index is 0.0357. The van der Waals surface area contributed by atoms with Gasteiger partial charge in [-0.25, -0.2) is 4.79 Å². The van der Waals surface area contributed by atoms with Crippen LogP contribution in [0.25, 0.3) is 21.9 Å². The number of rotatable bonds is 3. The molecular formula is C28H28N2O5. The van der Waals surface area contributed by atoms with Crippen molar-refractivity contribution in [3.63, 3.8) is 0 Å². The van der Waals surface area contributed by atoms with E-state index < -0.39 is 5.63 Å². The first-order valence-corrected chi connectivity index (χ1v) is 12.2. The number of likely N-dealkylation sites (tertiary alicyclic amines) is 1. The third-order valence-corrected chi connectivity index (χ3v) is 8.00. The second-order valence-corrected chi connectivity index (χ2v) is 10.1. The lowest BCUT2D eigenvalue weighted by atomic mass is 9.83. The number of fused-ring (bicyclic) bond motifs is 6. The third-order valence-electron chi connectivity index (χ3n) is 8.00. The van der Waals surface area contributed by atoms with Crippen molar-refractivity contribution < 1.29 is 13.6 Å². The fraction of sp³-hybridized carbons (Fsp3) is 0.393. The molecule has 1 saturated heterocycles. The molecule has 6 rings (SSSR count). The molecule has 1 amide bonds. The average molecular weight is 473 g/mol. The van der Waals surface area contributed by atoms with Crippen LogP contribution in [0, 0.1) is 26.7 Å². The van der Waals surface area contributed by atoms with Crippen molar-refractivity contribution in [2.45, 2.75) is 52.5 Å². The molecule has 7 heteroatoms. The molecule has 4 aromatic rings. The van der Waals surface area contributed by atoms with Crippen LogP contribution in [0.3, 0.4) is 0 Å². The van der Waals surface area contributed by atoms with Crippen LogP contribution in [-0.2, 0) is 17.8 Å². The van der Waals surface area contributed by atoms with Crippen LogP contribution in [0.15, 0.2) is 48.8 Å². The average Bonchev–Trinajstić information content (AvgIpc) is 3.10. The number of hydrogen-bond acceptors (Lipinski definition) is 5. The van der Waals surface area contributed by atoms with E-state index in [2.05, 4.69) is 0 Å². The molecule has 0 unspecified atom stereocenters. The van der Waals surface area contributed by atoms with Crippen molar-refractivity contribution in [1.82, 2.24) is 9.47 Å². The van der Waals surface area contributed by atoms with Gasteiger partial charge in [-0.2, -0.15) is 0 Å². The highest BCUT2D eigenvalue weighted by Gasteiger charge is 2.36. The molecule has 0 radical (unpaired) electrons. The first-order valence-electron chi connectivity index (χ1n) is 12.2. The van der Waals surface area contributed by atoms with E-state index in [9.17, 15) is 14.4 Å². The van der Waals surface area contributed by atoms with Crippen LogP contribution in [0.2, 0.25) is 0 Å². The summed E-state index contributed by atoms with van der Waals surface area (Å²) >= 11 is 0. The molecule has 2 aliphatic rings. The number of amides is 1. The fourth-order valence-corrected chi connectivity index (χ4v) is 6.00. The number of aromatic nitrogens is 1. The highest BCUT2D eigenvalue weighted by atomic mass is 16.4. The quantitative estimate of drug-likeness (QED) is 0.417. The highest BCUT2D eigenvalue weighted by molar-refractivity contribution is 5.96. The van der Waals surface area contributed by atoms with Crippen molar-refractivity contribution in [1.29, 1.82) is 0 Å². The van der Waals surface area contributed by atoms with Gasteiger partial charge in [0.05, 0.1) is 0 Å². The maximum Gasteiger partial charge on any atom is 0.339 e. The molecule has 0 aliphatic carbocycles. The Balaban J connectivity index is 1.24. The summed E-state index contributed by atoms with van der Waals surface area (Å²) in [6, 6.07) is 9.21. The minimum Gasteiger partial charge on any atom is -0.461 e. The molecule has 180 valence electrons. The zero-order valence-electron chi connectivity index (χ0n) is 20.2. The highest BCUT2D eigenvalue weighted by Crippen LogP contribution is 2.35. The predicted octanol–water partition coefficient (Wildman–Crippen LogP) is 4.20. The minimum atomic E-state index is -0.397. The SMILES string of the molecule is Cc1oc2cc3oc(=O)c(CCC(=O)N4C[C@@H]5C[C@@H](C4)c4cccc(=O)n4C5)c(C)c3cc2c1C. The van der Waals surface area contributed by atoms with Crippen molar-refractivity contribution in [3.8, 4) is 0 Å². The summed E-state index contributed by atoms with van der Waals surface area (Å²) in [5.41, 5.74) is 4.35. The van der Waals surface area contributed by atoms with E-state index in [-0.39, 0.29) is 29.7 Å². The molecule has 35 heavy (non-hydrogen) atoms. The Morgan fingerprint density at radius 3 is 2.57 bits per heavy atom. The molecule has 1 aromatic carbocycles. The van der Waals surface area contributed by atoms with Gasteiger partial charge in [-0.05, 0) is 62.8 Å². The Hall–Kier alpha value is -3.61. The predicted molar refractivity (Wildman–Crippen MR) is 133 cm³/mol. The monoisotopic (exact) mass is 472 g/mol. The van der Waals surface area contributed by atoms with Crippen LogP contribution in [0.5, 0.6) is 0 Å². The number of benzene rings is 1. The third kappa shape index (κ3) is 3.52. The summed E-state index contributed by atoms with van der Waals surface area (Å²) in [4.78, 5) is 40.2. The standard InChI is InChI=1S/C28H28N2O5/c1-15-17(3)34-24-11-25-22(10-21(15)24)16(2)20(28(33)35-25)7-8-26(31)29-12-18-9-19(14-29)23-5-4-6-27(32)30(23)13-18/h4-6,10-11,18-19H,7-9,12-14H2,1-3H3/t18-,19-/m0/s1. The molecule has 2 bridgehead atoms. The lowest BCUT2D eigenvalue weighted by Crippen LogP contribution is -2.49. The van der Waals surface area contributed by atoms with Gasteiger partial charge < -0.3 is 18.3 Å². The van der Waals surface area contributed by atoms with Gasteiger partial charge >= 0.3 is 5.63 Å². The molecular weight excluding hydrogens is 444 g/mol. The molecule has 2 aliphatic heterocycles. The van der Waals surface area contributed by atoms with Gasteiger partial charge in [0.25, 0.3) is 5.56 Å². The first kappa shape index (κ1) is 21.9. The Labute approximate surface area is 201 Å². The van der Waals surface area contributed by atoms with E-state index in [0.29, 0.717) is 42.8 Å². The van der Waals surface area contributed by atoms with E-state index in [1.54, 1.807) is 18.2 Å². The summed E-state index contributed by atoms with van der Waals surface area (Å²) < 4.78 is 13.3. The number of furan rings is 1. The Morgan fingerprint density at radius 1 is 0.971 bits per heavy atom. The van der Waals surface area contributed by atoms with E-state index in [1.807, 2.05) is 42.4 Å².